The van der Waals surface area contributed by atoms with Gasteiger partial charge in [-0.3, -0.25) is 0 Å². The largest absolute Gasteiger partial charge is 0.207 e. The first-order chi connectivity index (χ1) is 9.22. The normalized spacial score (nSPS) is 9.52. The molecule has 6 heteroatoms. The maximum Gasteiger partial charge on any atom is 0.131 e. The van der Waals surface area contributed by atoms with Crippen LogP contribution < -0.4 is 0 Å². The fraction of sp³-hybridized carbons (Fsp3) is 0.200. The molecule has 2 aromatic carbocycles. The summed E-state index contributed by atoms with van der Waals surface area (Å²) in [5.41, 5.74) is 0.129. The minimum Gasteiger partial charge on any atom is -0.207 e. The van der Waals surface area contributed by atoms with Crippen molar-refractivity contribution >= 4 is 11.6 Å². The van der Waals surface area contributed by atoms with Crippen LogP contribution in [-0.2, 0) is 0 Å². The number of rotatable bonds is 0. The first kappa shape index (κ1) is 19.4. The van der Waals surface area contributed by atoms with Crippen LogP contribution in [0.4, 0.5) is 22.0 Å². The highest BCUT2D eigenvalue weighted by molar-refractivity contribution is 6.31. The van der Waals surface area contributed by atoms with Crippen LogP contribution in [0.25, 0.3) is 0 Å². The Hall–Kier alpha value is -1.62. The number of hydrogen-bond acceptors (Lipinski definition) is 0. The maximum atomic E-state index is 12.5. The first-order valence-electron chi connectivity index (χ1n) is 5.44. The van der Waals surface area contributed by atoms with Crippen LogP contribution in [0.2, 0.25) is 5.02 Å². The number of halogens is 6. The van der Waals surface area contributed by atoms with Crippen LogP contribution in [0.3, 0.4) is 0 Å². The predicted molar refractivity (Wildman–Crippen MR) is 73.9 cm³/mol. The molecule has 2 rings (SSSR count). The van der Waals surface area contributed by atoms with Crippen molar-refractivity contribution in [1.29, 1.82) is 0 Å². The van der Waals surface area contributed by atoms with E-state index in [2.05, 4.69) is 0 Å². The van der Waals surface area contributed by atoms with Crippen LogP contribution >= 0.6 is 11.6 Å². The molecular formula is C15H14ClF5. The topological polar surface area (TPSA) is 0 Å². The van der Waals surface area contributed by atoms with Crippen LogP contribution in [-0.4, -0.2) is 0 Å². The average molecular weight is 325 g/mol. The van der Waals surface area contributed by atoms with E-state index in [4.69, 9.17) is 11.6 Å². The van der Waals surface area contributed by atoms with Crippen LogP contribution in [0, 0.1) is 42.9 Å². The van der Waals surface area contributed by atoms with Crippen molar-refractivity contribution < 1.29 is 22.0 Å². The molecule has 0 saturated carbocycles. The van der Waals surface area contributed by atoms with E-state index in [9.17, 15) is 22.0 Å². The van der Waals surface area contributed by atoms with E-state index in [0.717, 1.165) is 12.1 Å². The summed E-state index contributed by atoms with van der Waals surface area (Å²) >= 11 is 5.44. The van der Waals surface area contributed by atoms with Gasteiger partial charge in [0.1, 0.15) is 29.1 Å². The Morgan fingerprint density at radius 2 is 1.00 bits per heavy atom. The van der Waals surface area contributed by atoms with Gasteiger partial charge in [-0.25, -0.2) is 22.0 Å². The lowest BCUT2D eigenvalue weighted by Crippen LogP contribution is -1.89. The minimum atomic E-state index is -0.888. The second kappa shape index (κ2) is 7.98. The molecule has 0 aliphatic rings. The van der Waals surface area contributed by atoms with E-state index in [0.29, 0.717) is 12.1 Å². The second-order valence-corrected chi connectivity index (χ2v) is 4.40. The third-order valence-electron chi connectivity index (χ3n) is 2.49. The fourth-order valence-corrected chi connectivity index (χ4v) is 1.42. The lowest BCUT2D eigenvalue weighted by Gasteiger charge is -1.97. The molecule has 21 heavy (non-hydrogen) atoms. The Balaban J connectivity index is 0.000000364. The molecule has 0 nitrogen and oxygen atoms in total. The Kier molecular flexibility index (Phi) is 7.36. The van der Waals surface area contributed by atoms with Gasteiger partial charge in [-0.2, -0.15) is 0 Å². The van der Waals surface area contributed by atoms with E-state index in [1.165, 1.54) is 13.8 Å². The minimum absolute atomic E-state index is 0. The van der Waals surface area contributed by atoms with Gasteiger partial charge in [-0.15, -0.1) is 0 Å². The molecule has 2 aromatic rings. The smallest absolute Gasteiger partial charge is 0.131 e. The Bertz CT molecular complexity index is 524. The van der Waals surface area contributed by atoms with Gasteiger partial charge >= 0.3 is 0 Å². The zero-order valence-corrected chi connectivity index (χ0v) is 11.3. The Morgan fingerprint density at radius 3 is 1.38 bits per heavy atom. The molecule has 0 bridgehead atoms. The van der Waals surface area contributed by atoms with Crippen molar-refractivity contribution in [2.45, 2.75) is 21.3 Å². The molecule has 0 atom stereocenters. The van der Waals surface area contributed by atoms with Gasteiger partial charge in [-0.1, -0.05) is 19.0 Å². The van der Waals surface area contributed by atoms with E-state index in [1.54, 1.807) is 0 Å². The molecule has 0 fully saturated rings. The fourth-order valence-electron chi connectivity index (χ4n) is 1.23. The lowest BCUT2D eigenvalue weighted by molar-refractivity contribution is 0.532. The summed E-state index contributed by atoms with van der Waals surface area (Å²) in [6.07, 6.45) is 0. The summed E-state index contributed by atoms with van der Waals surface area (Å²) in [6, 6.07) is 3.19. The molecule has 0 heterocycles. The van der Waals surface area contributed by atoms with E-state index in [1.807, 2.05) is 0 Å². The van der Waals surface area contributed by atoms with Crippen LogP contribution in [0.5, 0.6) is 0 Å². The van der Waals surface area contributed by atoms with Gasteiger partial charge in [0.2, 0.25) is 0 Å². The summed E-state index contributed by atoms with van der Waals surface area (Å²) in [6.45, 7) is 2.75. The predicted octanol–water partition coefficient (Wildman–Crippen LogP) is 5.98. The summed E-state index contributed by atoms with van der Waals surface area (Å²) < 4.78 is 61.6. The van der Waals surface area contributed by atoms with Crippen molar-refractivity contribution in [3.05, 3.63) is 69.5 Å². The van der Waals surface area contributed by atoms with E-state index < -0.39 is 29.1 Å². The summed E-state index contributed by atoms with van der Waals surface area (Å²) in [4.78, 5) is 0. The molecule has 0 aromatic heterocycles. The molecule has 0 radical (unpaired) electrons. The Morgan fingerprint density at radius 1 is 0.667 bits per heavy atom. The molecule has 0 aliphatic carbocycles. The molecule has 0 unspecified atom stereocenters. The molecule has 0 amide bonds. The van der Waals surface area contributed by atoms with Gasteiger partial charge in [0.15, 0.2) is 0 Å². The molecule has 116 valence electrons. The van der Waals surface area contributed by atoms with Gasteiger partial charge in [0, 0.05) is 34.3 Å². The standard InChI is InChI=1S/C7H5ClF2.C7H5F3.CH4/c1-4-6(8)2-5(9)3-7(4)10;1-4-6(9)2-5(8)3-7(4)10;/h2*2-3H,1H3;1H4. The Labute approximate surface area is 125 Å². The summed E-state index contributed by atoms with van der Waals surface area (Å²) in [5.74, 6) is -3.84. The van der Waals surface area contributed by atoms with Gasteiger partial charge in [0.05, 0.1) is 0 Å². The highest BCUT2D eigenvalue weighted by Gasteiger charge is 2.05. The van der Waals surface area contributed by atoms with Gasteiger partial charge in [-0.05, 0) is 19.9 Å². The van der Waals surface area contributed by atoms with Crippen molar-refractivity contribution in [3.63, 3.8) is 0 Å². The van der Waals surface area contributed by atoms with Crippen molar-refractivity contribution in [1.82, 2.24) is 0 Å². The summed E-state index contributed by atoms with van der Waals surface area (Å²) in [5, 5.41) is 0.123. The third kappa shape index (κ3) is 5.34. The van der Waals surface area contributed by atoms with Crippen molar-refractivity contribution in [2.24, 2.45) is 0 Å². The third-order valence-corrected chi connectivity index (χ3v) is 2.88. The average Bonchev–Trinajstić information content (AvgIpc) is 2.33. The van der Waals surface area contributed by atoms with E-state index >= 15 is 0 Å². The van der Waals surface area contributed by atoms with Crippen molar-refractivity contribution in [3.8, 4) is 0 Å². The van der Waals surface area contributed by atoms with Crippen LogP contribution in [0.1, 0.15) is 18.6 Å². The monoisotopic (exact) mass is 324 g/mol. The second-order valence-electron chi connectivity index (χ2n) is 3.99. The molecular weight excluding hydrogens is 311 g/mol. The lowest BCUT2D eigenvalue weighted by atomic mass is 10.2. The highest BCUT2D eigenvalue weighted by atomic mass is 35.5. The van der Waals surface area contributed by atoms with Crippen molar-refractivity contribution in [2.75, 3.05) is 0 Å². The van der Waals surface area contributed by atoms with Gasteiger partial charge in [0.25, 0.3) is 0 Å². The first-order valence-corrected chi connectivity index (χ1v) is 5.82. The number of hydrogen-bond donors (Lipinski definition) is 0. The zero-order chi connectivity index (χ0) is 15.4. The molecule has 0 saturated heterocycles. The van der Waals surface area contributed by atoms with Gasteiger partial charge < -0.3 is 0 Å². The number of benzene rings is 2. The van der Waals surface area contributed by atoms with E-state index in [-0.39, 0.29) is 23.6 Å². The molecule has 0 aliphatic heterocycles. The summed E-state index contributed by atoms with van der Waals surface area (Å²) in [7, 11) is 0. The molecule has 0 N–H and O–H groups in total. The zero-order valence-electron chi connectivity index (χ0n) is 10.6. The maximum absolute atomic E-state index is 12.5. The van der Waals surface area contributed by atoms with Crippen LogP contribution in [0.15, 0.2) is 24.3 Å². The SMILES string of the molecule is C.Cc1c(F)cc(F)cc1Cl.Cc1c(F)cc(F)cc1F. The quantitative estimate of drug-likeness (QED) is 0.523. The molecule has 0 spiro atoms. The highest BCUT2D eigenvalue weighted by Crippen LogP contribution is 2.19.